The smallest absolute Gasteiger partial charge is 0.253 e. The molecule has 1 aliphatic heterocycles. The van der Waals surface area contributed by atoms with Gasteiger partial charge in [0, 0.05) is 23.6 Å². The van der Waals surface area contributed by atoms with Crippen molar-refractivity contribution in [3.63, 3.8) is 0 Å². The second kappa shape index (κ2) is 7.49. The number of hydrogen-bond donors (Lipinski definition) is 4. The Labute approximate surface area is 156 Å². The average Bonchev–Trinajstić information content (AvgIpc) is 3.05. The fraction of sp³-hybridized carbons (Fsp3) is 0.250. The second-order valence-corrected chi connectivity index (χ2v) is 6.57. The van der Waals surface area contributed by atoms with Gasteiger partial charge in [0.2, 0.25) is 5.91 Å². The number of amides is 2. The summed E-state index contributed by atoms with van der Waals surface area (Å²) in [5.74, 6) is -2.11. The Morgan fingerprint density at radius 1 is 1.26 bits per heavy atom. The molecule has 2 atom stereocenters. The van der Waals surface area contributed by atoms with E-state index >= 15 is 0 Å². The number of benzene rings is 2. The minimum atomic E-state index is -0.874. The fourth-order valence-electron chi connectivity index (χ4n) is 3.23. The third kappa shape index (κ3) is 3.62. The molecule has 4 N–H and O–H groups in total. The highest BCUT2D eigenvalue weighted by atomic mass is 16.3. The van der Waals surface area contributed by atoms with Crippen molar-refractivity contribution in [3.8, 4) is 11.5 Å². The second-order valence-electron chi connectivity index (χ2n) is 6.57. The van der Waals surface area contributed by atoms with E-state index in [4.69, 9.17) is 0 Å². The van der Waals surface area contributed by atoms with Crippen LogP contribution in [0.2, 0.25) is 0 Å². The van der Waals surface area contributed by atoms with Crippen LogP contribution in [-0.4, -0.2) is 34.8 Å². The number of hydrazone groups is 1. The molecule has 2 aromatic rings. The van der Waals surface area contributed by atoms with Crippen molar-refractivity contribution in [2.24, 2.45) is 11.0 Å². The molecule has 0 aromatic heterocycles. The van der Waals surface area contributed by atoms with E-state index in [2.05, 4.69) is 15.8 Å². The minimum Gasteiger partial charge on any atom is -0.508 e. The van der Waals surface area contributed by atoms with Crippen molar-refractivity contribution < 1.29 is 19.8 Å². The van der Waals surface area contributed by atoms with Gasteiger partial charge in [-0.05, 0) is 31.0 Å². The monoisotopic (exact) mass is 367 g/mol. The molecule has 1 saturated heterocycles. The predicted molar refractivity (Wildman–Crippen MR) is 101 cm³/mol. The molecule has 27 heavy (non-hydrogen) atoms. The highest BCUT2D eigenvalue weighted by Gasteiger charge is 2.40. The van der Waals surface area contributed by atoms with Gasteiger partial charge >= 0.3 is 0 Å². The zero-order valence-corrected chi connectivity index (χ0v) is 15.1. The van der Waals surface area contributed by atoms with Crippen molar-refractivity contribution in [2.75, 3.05) is 6.54 Å². The van der Waals surface area contributed by atoms with Gasteiger partial charge in [-0.3, -0.25) is 9.59 Å². The lowest BCUT2D eigenvalue weighted by molar-refractivity contribution is -0.133. The van der Waals surface area contributed by atoms with Gasteiger partial charge in [-0.1, -0.05) is 30.3 Å². The Balaban J connectivity index is 1.76. The Kier molecular flexibility index (Phi) is 5.12. The number of hydrogen-bond acceptors (Lipinski definition) is 5. The van der Waals surface area contributed by atoms with Crippen molar-refractivity contribution in [1.29, 1.82) is 0 Å². The van der Waals surface area contributed by atoms with Crippen LogP contribution in [0, 0.1) is 19.8 Å². The Hall–Kier alpha value is -3.35. The zero-order chi connectivity index (χ0) is 19.6. The van der Waals surface area contributed by atoms with Gasteiger partial charge in [0.25, 0.3) is 5.91 Å². The molecule has 0 aliphatic carbocycles. The standard InChI is InChI=1S/C20H21N3O4/c1-11-8-16(24)12(2)18(25)14(11)10-22-23-20(27)17-15(9-21-19(17)26)13-6-4-3-5-7-13/h3-8,10,15,17,24-25H,9H2,1-2H3,(H,21,26)(H,23,27)/b22-10-/t15-,17+/m1/s1. The van der Waals surface area contributed by atoms with Gasteiger partial charge in [-0.2, -0.15) is 5.10 Å². The average molecular weight is 367 g/mol. The molecule has 7 heteroatoms. The predicted octanol–water partition coefficient (Wildman–Crippen LogP) is 1.69. The third-order valence-electron chi connectivity index (χ3n) is 4.83. The maximum absolute atomic E-state index is 12.5. The molecule has 2 amide bonds. The molecular weight excluding hydrogens is 346 g/mol. The summed E-state index contributed by atoms with van der Waals surface area (Å²) in [7, 11) is 0. The van der Waals surface area contributed by atoms with Crippen LogP contribution in [0.25, 0.3) is 0 Å². The number of phenolic OH excluding ortho intramolecular Hbond substituents is 2. The van der Waals surface area contributed by atoms with Crippen molar-refractivity contribution in [1.82, 2.24) is 10.7 Å². The van der Waals surface area contributed by atoms with Crippen LogP contribution in [0.4, 0.5) is 0 Å². The molecule has 140 valence electrons. The van der Waals surface area contributed by atoms with Gasteiger partial charge in [0.05, 0.1) is 6.21 Å². The molecule has 1 aliphatic rings. The van der Waals surface area contributed by atoms with Crippen LogP contribution < -0.4 is 10.7 Å². The minimum absolute atomic E-state index is 0.0143. The van der Waals surface area contributed by atoms with Crippen LogP contribution in [-0.2, 0) is 9.59 Å². The Morgan fingerprint density at radius 2 is 1.96 bits per heavy atom. The fourth-order valence-corrected chi connectivity index (χ4v) is 3.23. The first-order chi connectivity index (χ1) is 12.9. The summed E-state index contributed by atoms with van der Waals surface area (Å²) in [4.78, 5) is 24.7. The number of nitrogens with one attached hydrogen (secondary N) is 2. The van der Waals surface area contributed by atoms with Gasteiger partial charge in [0.1, 0.15) is 17.4 Å². The molecule has 3 rings (SSSR count). The van der Waals surface area contributed by atoms with Gasteiger partial charge in [0.15, 0.2) is 0 Å². The largest absolute Gasteiger partial charge is 0.508 e. The first kappa shape index (κ1) is 18.4. The van der Waals surface area contributed by atoms with Crippen LogP contribution in [0.3, 0.4) is 0 Å². The van der Waals surface area contributed by atoms with Crippen LogP contribution in [0.5, 0.6) is 11.5 Å². The van der Waals surface area contributed by atoms with Crippen molar-refractivity contribution >= 4 is 18.0 Å². The summed E-state index contributed by atoms with van der Waals surface area (Å²) in [5.41, 5.74) is 4.62. The third-order valence-corrected chi connectivity index (χ3v) is 4.83. The van der Waals surface area contributed by atoms with Crippen molar-refractivity contribution in [2.45, 2.75) is 19.8 Å². The van der Waals surface area contributed by atoms with Crippen LogP contribution in [0.15, 0.2) is 41.5 Å². The number of phenols is 2. The SMILES string of the molecule is Cc1cc(O)c(C)c(O)c1/C=N\NC(=O)[C@@H]1C(=O)NC[C@@H]1c1ccccc1. The maximum Gasteiger partial charge on any atom is 0.253 e. The highest BCUT2D eigenvalue weighted by molar-refractivity contribution is 6.03. The van der Waals surface area contributed by atoms with Gasteiger partial charge in [-0.25, -0.2) is 5.43 Å². The Bertz CT molecular complexity index is 909. The summed E-state index contributed by atoms with van der Waals surface area (Å²) >= 11 is 0. The summed E-state index contributed by atoms with van der Waals surface area (Å²) in [5, 5.41) is 26.5. The lowest BCUT2D eigenvalue weighted by atomic mass is 9.88. The quantitative estimate of drug-likeness (QED) is 0.374. The molecule has 1 fully saturated rings. The molecule has 7 nitrogen and oxygen atoms in total. The number of carbonyl (C=O) groups excluding carboxylic acids is 2. The topological polar surface area (TPSA) is 111 Å². The van der Waals surface area contributed by atoms with E-state index in [9.17, 15) is 19.8 Å². The zero-order valence-electron chi connectivity index (χ0n) is 15.1. The van der Waals surface area contributed by atoms with E-state index < -0.39 is 11.8 Å². The first-order valence-electron chi connectivity index (χ1n) is 8.58. The van der Waals surface area contributed by atoms with Crippen LogP contribution in [0.1, 0.15) is 28.2 Å². The molecule has 0 radical (unpaired) electrons. The van der Waals surface area contributed by atoms with E-state index in [1.54, 1.807) is 13.8 Å². The number of nitrogens with zero attached hydrogens (tertiary/aromatic N) is 1. The molecule has 2 aromatic carbocycles. The van der Waals surface area contributed by atoms with E-state index in [-0.39, 0.29) is 23.3 Å². The molecule has 1 heterocycles. The van der Waals surface area contributed by atoms with E-state index in [0.717, 1.165) is 5.56 Å². The van der Waals surface area contributed by atoms with Gasteiger partial charge in [-0.15, -0.1) is 0 Å². The molecular formula is C20H21N3O4. The lowest BCUT2D eigenvalue weighted by Crippen LogP contribution is -2.34. The highest BCUT2D eigenvalue weighted by Crippen LogP contribution is 2.31. The summed E-state index contributed by atoms with van der Waals surface area (Å²) in [6.07, 6.45) is 1.30. The molecule has 0 saturated carbocycles. The van der Waals surface area contributed by atoms with Gasteiger partial charge < -0.3 is 15.5 Å². The van der Waals surface area contributed by atoms with E-state index in [1.807, 2.05) is 30.3 Å². The van der Waals surface area contributed by atoms with E-state index in [1.165, 1.54) is 12.3 Å². The Morgan fingerprint density at radius 3 is 2.67 bits per heavy atom. The normalized spacial score (nSPS) is 19.3. The molecule has 0 bridgehead atoms. The van der Waals surface area contributed by atoms with Crippen LogP contribution >= 0.6 is 0 Å². The summed E-state index contributed by atoms with van der Waals surface area (Å²) in [6.45, 7) is 3.67. The lowest BCUT2D eigenvalue weighted by Gasteiger charge is -2.15. The molecule has 0 spiro atoms. The van der Waals surface area contributed by atoms with Crippen molar-refractivity contribution in [3.05, 3.63) is 58.7 Å². The number of carbonyl (C=O) groups is 2. The summed E-state index contributed by atoms with van der Waals surface area (Å²) < 4.78 is 0. The molecule has 0 unspecified atom stereocenters. The first-order valence-corrected chi connectivity index (χ1v) is 8.58. The number of aryl methyl sites for hydroxylation is 1. The number of aromatic hydroxyl groups is 2. The summed E-state index contributed by atoms with van der Waals surface area (Å²) in [6, 6.07) is 10.9. The van der Waals surface area contributed by atoms with E-state index in [0.29, 0.717) is 23.2 Å². The maximum atomic E-state index is 12.5. The number of rotatable bonds is 4.